The lowest BCUT2D eigenvalue weighted by molar-refractivity contribution is 0.0697. The van der Waals surface area contributed by atoms with Crippen molar-refractivity contribution in [2.24, 2.45) is 5.92 Å². The number of rotatable bonds is 3. The minimum Gasteiger partial charge on any atom is -0.478 e. The normalized spacial score (nSPS) is 24.3. The van der Waals surface area contributed by atoms with Crippen LogP contribution >= 0.6 is 0 Å². The second-order valence-corrected chi connectivity index (χ2v) is 5.25. The average Bonchev–Trinajstić information content (AvgIpc) is 2.56. The molecule has 2 atom stereocenters. The Hall–Kier alpha value is -1.51. The summed E-state index contributed by atoms with van der Waals surface area (Å²) >= 11 is 0. The van der Waals surface area contributed by atoms with E-state index in [0.717, 1.165) is 5.69 Å². The molecular weight excluding hydrogens is 226 g/mol. The van der Waals surface area contributed by atoms with E-state index in [-0.39, 0.29) is 0 Å². The van der Waals surface area contributed by atoms with Crippen molar-refractivity contribution >= 4 is 11.7 Å². The van der Waals surface area contributed by atoms with Gasteiger partial charge in [-0.2, -0.15) is 0 Å². The first kappa shape index (κ1) is 12.9. The van der Waals surface area contributed by atoms with Crippen molar-refractivity contribution in [1.29, 1.82) is 0 Å². The average molecular weight is 247 g/mol. The quantitative estimate of drug-likeness (QED) is 0.799. The first-order chi connectivity index (χ1) is 8.66. The topological polar surface area (TPSA) is 49.3 Å². The SMILES string of the molecule is CC1CCCCCC1Nc1ccc(C(=O)O)cc1. The minimum absolute atomic E-state index is 0.342. The summed E-state index contributed by atoms with van der Waals surface area (Å²) in [5.41, 5.74) is 1.37. The van der Waals surface area contributed by atoms with Crippen molar-refractivity contribution in [3.8, 4) is 0 Å². The van der Waals surface area contributed by atoms with Gasteiger partial charge in [0, 0.05) is 11.7 Å². The van der Waals surface area contributed by atoms with Crippen molar-refractivity contribution in [2.75, 3.05) is 5.32 Å². The van der Waals surface area contributed by atoms with Crippen LogP contribution in [0.15, 0.2) is 24.3 Å². The molecule has 3 heteroatoms. The maximum Gasteiger partial charge on any atom is 0.335 e. The zero-order chi connectivity index (χ0) is 13.0. The molecule has 3 nitrogen and oxygen atoms in total. The van der Waals surface area contributed by atoms with Crippen LogP contribution in [0.2, 0.25) is 0 Å². The maximum absolute atomic E-state index is 10.8. The number of carboxylic acids is 1. The lowest BCUT2D eigenvalue weighted by Gasteiger charge is -2.24. The monoisotopic (exact) mass is 247 g/mol. The summed E-state index contributed by atoms with van der Waals surface area (Å²) in [6, 6.07) is 7.56. The van der Waals surface area contributed by atoms with Crippen LogP contribution < -0.4 is 5.32 Å². The molecule has 1 saturated carbocycles. The summed E-state index contributed by atoms with van der Waals surface area (Å²) in [7, 11) is 0. The fraction of sp³-hybridized carbons (Fsp3) is 0.533. The van der Waals surface area contributed by atoms with E-state index in [4.69, 9.17) is 5.11 Å². The fourth-order valence-corrected chi connectivity index (χ4v) is 2.63. The molecule has 0 radical (unpaired) electrons. The number of carboxylic acid groups (broad SMARTS) is 1. The number of benzene rings is 1. The smallest absolute Gasteiger partial charge is 0.335 e. The highest BCUT2D eigenvalue weighted by Gasteiger charge is 2.19. The summed E-state index contributed by atoms with van der Waals surface area (Å²) in [5, 5.41) is 12.4. The molecule has 1 aromatic carbocycles. The molecule has 98 valence electrons. The standard InChI is InChI=1S/C15H21NO2/c1-11-5-3-2-4-6-14(11)16-13-9-7-12(8-10-13)15(17)18/h7-11,14,16H,2-6H2,1H3,(H,17,18). The summed E-state index contributed by atoms with van der Waals surface area (Å²) in [6.07, 6.45) is 6.44. The van der Waals surface area contributed by atoms with Gasteiger partial charge >= 0.3 is 5.97 Å². The molecule has 1 aliphatic carbocycles. The molecule has 0 saturated heterocycles. The predicted molar refractivity (Wildman–Crippen MR) is 73.1 cm³/mol. The molecule has 0 aliphatic heterocycles. The number of carbonyl (C=O) groups is 1. The van der Waals surface area contributed by atoms with Gasteiger partial charge in [-0.1, -0.05) is 26.2 Å². The number of hydrogen-bond donors (Lipinski definition) is 2. The Morgan fingerprint density at radius 3 is 2.50 bits per heavy atom. The van der Waals surface area contributed by atoms with Crippen LogP contribution in [0, 0.1) is 5.92 Å². The van der Waals surface area contributed by atoms with Gasteiger partial charge in [-0.15, -0.1) is 0 Å². The largest absolute Gasteiger partial charge is 0.478 e. The van der Waals surface area contributed by atoms with Crippen molar-refractivity contribution in [3.05, 3.63) is 29.8 Å². The number of aromatic carboxylic acids is 1. The molecule has 2 unspecified atom stereocenters. The minimum atomic E-state index is -0.871. The molecule has 1 fully saturated rings. The van der Waals surface area contributed by atoms with Gasteiger partial charge in [-0.3, -0.25) is 0 Å². The van der Waals surface area contributed by atoms with Gasteiger partial charge in [0.2, 0.25) is 0 Å². The number of anilines is 1. The lowest BCUT2D eigenvalue weighted by atomic mass is 9.96. The maximum atomic E-state index is 10.8. The first-order valence-corrected chi connectivity index (χ1v) is 6.76. The van der Waals surface area contributed by atoms with Gasteiger partial charge in [0.1, 0.15) is 0 Å². The highest BCUT2D eigenvalue weighted by molar-refractivity contribution is 5.87. The van der Waals surface area contributed by atoms with Gasteiger partial charge in [0.15, 0.2) is 0 Å². The second kappa shape index (κ2) is 5.89. The van der Waals surface area contributed by atoms with Crippen molar-refractivity contribution in [3.63, 3.8) is 0 Å². The first-order valence-electron chi connectivity index (χ1n) is 6.76. The Morgan fingerprint density at radius 2 is 1.83 bits per heavy atom. The summed E-state index contributed by atoms with van der Waals surface area (Å²) in [5.74, 6) is -0.184. The van der Waals surface area contributed by atoms with E-state index in [1.54, 1.807) is 12.1 Å². The summed E-state index contributed by atoms with van der Waals surface area (Å²) in [6.45, 7) is 2.30. The Balaban J connectivity index is 2.01. The highest BCUT2D eigenvalue weighted by atomic mass is 16.4. The molecular formula is C15H21NO2. The molecule has 2 rings (SSSR count). The lowest BCUT2D eigenvalue weighted by Crippen LogP contribution is -2.26. The third-order valence-electron chi connectivity index (χ3n) is 3.85. The zero-order valence-electron chi connectivity index (χ0n) is 10.9. The van der Waals surface area contributed by atoms with E-state index in [0.29, 0.717) is 17.5 Å². The van der Waals surface area contributed by atoms with Crippen LogP contribution in [-0.2, 0) is 0 Å². The molecule has 18 heavy (non-hydrogen) atoms. The van der Waals surface area contributed by atoms with Crippen LogP contribution in [0.25, 0.3) is 0 Å². The van der Waals surface area contributed by atoms with E-state index >= 15 is 0 Å². The third-order valence-corrected chi connectivity index (χ3v) is 3.85. The number of nitrogens with one attached hydrogen (secondary N) is 1. The van der Waals surface area contributed by atoms with Crippen molar-refractivity contribution < 1.29 is 9.90 Å². The Labute approximate surface area is 108 Å². The molecule has 0 aromatic heterocycles. The fourth-order valence-electron chi connectivity index (χ4n) is 2.63. The van der Waals surface area contributed by atoms with Gasteiger partial charge < -0.3 is 10.4 Å². The Bertz CT molecular complexity index is 399. The summed E-state index contributed by atoms with van der Waals surface area (Å²) in [4.78, 5) is 10.8. The Morgan fingerprint density at radius 1 is 1.17 bits per heavy atom. The van der Waals surface area contributed by atoms with Crippen LogP contribution in [0.5, 0.6) is 0 Å². The van der Waals surface area contributed by atoms with Crippen molar-refractivity contribution in [1.82, 2.24) is 0 Å². The van der Waals surface area contributed by atoms with Crippen LogP contribution in [0.3, 0.4) is 0 Å². The van der Waals surface area contributed by atoms with E-state index in [1.807, 2.05) is 12.1 Å². The molecule has 1 aliphatic rings. The van der Waals surface area contributed by atoms with Gasteiger partial charge in [0.05, 0.1) is 5.56 Å². The van der Waals surface area contributed by atoms with Crippen LogP contribution in [0.1, 0.15) is 49.4 Å². The van der Waals surface area contributed by atoms with E-state index < -0.39 is 5.97 Å². The van der Waals surface area contributed by atoms with Gasteiger partial charge in [-0.25, -0.2) is 4.79 Å². The molecule has 0 bridgehead atoms. The molecule has 0 spiro atoms. The predicted octanol–water partition coefficient (Wildman–Crippen LogP) is 3.77. The second-order valence-electron chi connectivity index (χ2n) is 5.25. The van der Waals surface area contributed by atoms with Crippen LogP contribution in [-0.4, -0.2) is 17.1 Å². The zero-order valence-corrected chi connectivity index (χ0v) is 10.9. The highest BCUT2D eigenvalue weighted by Crippen LogP contribution is 2.26. The van der Waals surface area contributed by atoms with E-state index in [2.05, 4.69) is 12.2 Å². The van der Waals surface area contributed by atoms with E-state index in [9.17, 15) is 4.79 Å². The molecule has 1 aromatic rings. The molecule has 0 amide bonds. The molecule has 2 N–H and O–H groups in total. The van der Waals surface area contributed by atoms with Crippen LogP contribution in [0.4, 0.5) is 5.69 Å². The van der Waals surface area contributed by atoms with Gasteiger partial charge in [0.25, 0.3) is 0 Å². The number of hydrogen-bond acceptors (Lipinski definition) is 2. The van der Waals surface area contributed by atoms with Crippen molar-refractivity contribution in [2.45, 2.75) is 45.1 Å². The third kappa shape index (κ3) is 3.25. The molecule has 0 heterocycles. The van der Waals surface area contributed by atoms with E-state index in [1.165, 1.54) is 32.1 Å². The van der Waals surface area contributed by atoms with Gasteiger partial charge in [-0.05, 0) is 43.0 Å². The summed E-state index contributed by atoms with van der Waals surface area (Å²) < 4.78 is 0. The Kier molecular flexibility index (Phi) is 4.24.